The number of aromatic nitrogens is 3. The fourth-order valence-corrected chi connectivity index (χ4v) is 1.66. The van der Waals surface area contributed by atoms with Crippen LogP contribution >= 0.6 is 0 Å². The Balaban J connectivity index is 2.32. The van der Waals surface area contributed by atoms with Gasteiger partial charge in [0, 0.05) is 12.3 Å². The summed E-state index contributed by atoms with van der Waals surface area (Å²) in [4.78, 5) is 3.82. The van der Waals surface area contributed by atoms with E-state index in [-0.39, 0.29) is 11.9 Å². The van der Waals surface area contributed by atoms with Gasteiger partial charge in [0.05, 0.1) is 25.0 Å². The van der Waals surface area contributed by atoms with Crippen LogP contribution in [-0.4, -0.2) is 29.3 Å². The molecular weight excluding hydrogens is 235 g/mol. The molecule has 0 spiro atoms. The van der Waals surface area contributed by atoms with E-state index in [1.54, 1.807) is 25.4 Å². The van der Waals surface area contributed by atoms with Gasteiger partial charge in [0.15, 0.2) is 0 Å². The van der Waals surface area contributed by atoms with E-state index in [1.165, 1.54) is 13.2 Å². The van der Waals surface area contributed by atoms with E-state index in [0.717, 1.165) is 6.20 Å². The van der Waals surface area contributed by atoms with Crippen molar-refractivity contribution in [2.75, 3.05) is 14.2 Å². The molecule has 0 aliphatic rings. The molecule has 0 aliphatic carbocycles. The lowest BCUT2D eigenvalue weighted by molar-refractivity contribution is 0.390. The lowest BCUT2D eigenvalue weighted by Gasteiger charge is -2.15. The molecular formula is C12H13FN4O. The third kappa shape index (κ3) is 2.60. The zero-order chi connectivity index (χ0) is 13.0. The molecule has 0 amide bonds. The van der Waals surface area contributed by atoms with Gasteiger partial charge >= 0.3 is 0 Å². The number of rotatable bonds is 4. The number of hydrogen-bond acceptors (Lipinski definition) is 5. The molecule has 2 rings (SSSR count). The van der Waals surface area contributed by atoms with Gasteiger partial charge in [-0.05, 0) is 24.7 Å². The fraction of sp³-hybridized carbons (Fsp3) is 0.250. The summed E-state index contributed by atoms with van der Waals surface area (Å²) in [5.74, 6) is 0.0557. The van der Waals surface area contributed by atoms with Gasteiger partial charge < -0.3 is 10.1 Å². The Kier molecular flexibility index (Phi) is 3.78. The van der Waals surface area contributed by atoms with Crippen LogP contribution < -0.4 is 10.1 Å². The highest BCUT2D eigenvalue weighted by Gasteiger charge is 2.15. The number of nitrogens with zero attached hydrogens (tertiary/aromatic N) is 3. The molecule has 1 unspecified atom stereocenters. The summed E-state index contributed by atoms with van der Waals surface area (Å²) in [6.07, 6.45) is 2.76. The van der Waals surface area contributed by atoms with Crippen LogP contribution in [-0.2, 0) is 0 Å². The van der Waals surface area contributed by atoms with Gasteiger partial charge in [-0.1, -0.05) is 0 Å². The second-order valence-corrected chi connectivity index (χ2v) is 3.66. The summed E-state index contributed by atoms with van der Waals surface area (Å²) in [5.41, 5.74) is 1.36. The van der Waals surface area contributed by atoms with Crippen LogP contribution in [0, 0.1) is 5.82 Å². The van der Waals surface area contributed by atoms with E-state index in [1.807, 2.05) is 0 Å². The lowest BCUT2D eigenvalue weighted by atomic mass is 10.1. The van der Waals surface area contributed by atoms with Crippen LogP contribution in [0.1, 0.15) is 17.3 Å². The maximum Gasteiger partial charge on any atom is 0.233 e. The molecule has 0 fully saturated rings. The molecule has 1 atom stereocenters. The predicted octanol–water partition coefficient (Wildman–Crippen LogP) is 1.33. The molecule has 2 heterocycles. The molecule has 0 saturated heterocycles. The van der Waals surface area contributed by atoms with E-state index in [4.69, 9.17) is 4.74 Å². The van der Waals surface area contributed by atoms with E-state index >= 15 is 0 Å². The van der Waals surface area contributed by atoms with Crippen LogP contribution in [0.25, 0.3) is 0 Å². The smallest absolute Gasteiger partial charge is 0.233 e. The van der Waals surface area contributed by atoms with E-state index in [0.29, 0.717) is 17.1 Å². The van der Waals surface area contributed by atoms with Gasteiger partial charge in [0.1, 0.15) is 5.82 Å². The monoisotopic (exact) mass is 248 g/mol. The van der Waals surface area contributed by atoms with Crippen LogP contribution in [0.4, 0.5) is 4.39 Å². The molecule has 1 N–H and O–H groups in total. The van der Waals surface area contributed by atoms with Crippen LogP contribution in [0.3, 0.4) is 0 Å². The van der Waals surface area contributed by atoms with Gasteiger partial charge in [-0.15, -0.1) is 10.2 Å². The first-order valence-electron chi connectivity index (χ1n) is 5.40. The second-order valence-electron chi connectivity index (χ2n) is 3.66. The Morgan fingerprint density at radius 2 is 2.11 bits per heavy atom. The minimum atomic E-state index is -0.380. The van der Waals surface area contributed by atoms with Gasteiger partial charge in [0.25, 0.3) is 0 Å². The molecule has 2 aromatic heterocycles. The summed E-state index contributed by atoms with van der Waals surface area (Å²) < 4.78 is 18.1. The van der Waals surface area contributed by atoms with E-state index in [9.17, 15) is 4.39 Å². The highest BCUT2D eigenvalue weighted by molar-refractivity contribution is 5.26. The topological polar surface area (TPSA) is 59.9 Å². The SMILES string of the molecule is CNC(c1cncc(F)c1)c1ccc(OC)nn1. The Morgan fingerprint density at radius 1 is 1.28 bits per heavy atom. The second kappa shape index (κ2) is 5.50. The summed E-state index contributed by atoms with van der Waals surface area (Å²) in [7, 11) is 3.29. The lowest BCUT2D eigenvalue weighted by Crippen LogP contribution is -2.19. The molecule has 0 bridgehead atoms. The number of pyridine rings is 1. The Labute approximate surface area is 104 Å². The molecule has 0 saturated carbocycles. The fourth-order valence-electron chi connectivity index (χ4n) is 1.66. The van der Waals surface area contributed by atoms with Crippen molar-refractivity contribution in [3.63, 3.8) is 0 Å². The summed E-state index contributed by atoms with van der Waals surface area (Å²) in [6.45, 7) is 0. The summed E-state index contributed by atoms with van der Waals surface area (Å²) in [6, 6.07) is 4.64. The van der Waals surface area contributed by atoms with Crippen molar-refractivity contribution in [1.82, 2.24) is 20.5 Å². The van der Waals surface area contributed by atoms with Crippen molar-refractivity contribution in [3.05, 3.63) is 47.7 Å². The van der Waals surface area contributed by atoms with Crippen molar-refractivity contribution in [2.24, 2.45) is 0 Å². The number of hydrogen-bond donors (Lipinski definition) is 1. The summed E-state index contributed by atoms with van der Waals surface area (Å²) >= 11 is 0. The molecule has 94 valence electrons. The average Bonchev–Trinajstić information content (AvgIpc) is 2.40. The van der Waals surface area contributed by atoms with Crippen LogP contribution in [0.5, 0.6) is 5.88 Å². The van der Waals surface area contributed by atoms with Crippen molar-refractivity contribution >= 4 is 0 Å². The largest absolute Gasteiger partial charge is 0.480 e. The Morgan fingerprint density at radius 3 is 2.67 bits per heavy atom. The van der Waals surface area contributed by atoms with Gasteiger partial charge in [-0.3, -0.25) is 4.98 Å². The van der Waals surface area contributed by atoms with E-state index < -0.39 is 0 Å². The Bertz CT molecular complexity index is 518. The maximum atomic E-state index is 13.2. The van der Waals surface area contributed by atoms with Crippen LogP contribution in [0.2, 0.25) is 0 Å². The normalized spacial score (nSPS) is 12.2. The molecule has 2 aromatic rings. The average molecular weight is 248 g/mol. The first kappa shape index (κ1) is 12.4. The third-order valence-corrected chi connectivity index (χ3v) is 2.51. The third-order valence-electron chi connectivity index (χ3n) is 2.51. The van der Waals surface area contributed by atoms with Crippen molar-refractivity contribution < 1.29 is 9.13 Å². The minimum Gasteiger partial charge on any atom is -0.480 e. The first-order valence-corrected chi connectivity index (χ1v) is 5.40. The quantitative estimate of drug-likeness (QED) is 0.884. The van der Waals surface area contributed by atoms with Crippen molar-refractivity contribution in [2.45, 2.75) is 6.04 Å². The van der Waals surface area contributed by atoms with Crippen LogP contribution in [0.15, 0.2) is 30.6 Å². The molecule has 6 heteroatoms. The molecule has 0 aliphatic heterocycles. The first-order chi connectivity index (χ1) is 8.74. The number of ether oxygens (including phenoxy) is 1. The van der Waals surface area contributed by atoms with E-state index in [2.05, 4.69) is 20.5 Å². The van der Waals surface area contributed by atoms with Gasteiger partial charge in [0.2, 0.25) is 5.88 Å². The standard InChI is InChI=1S/C12H13FN4O/c1-14-12(8-5-9(13)7-15-6-8)10-3-4-11(18-2)17-16-10/h3-7,12,14H,1-2H3. The molecule has 0 radical (unpaired) electrons. The predicted molar refractivity (Wildman–Crippen MR) is 63.7 cm³/mol. The zero-order valence-corrected chi connectivity index (χ0v) is 10.1. The molecule has 5 nitrogen and oxygen atoms in total. The molecule has 0 aromatic carbocycles. The highest BCUT2D eigenvalue weighted by Crippen LogP contribution is 2.20. The Hall–Kier alpha value is -2.08. The van der Waals surface area contributed by atoms with Gasteiger partial charge in [-0.2, -0.15) is 0 Å². The number of methoxy groups -OCH3 is 1. The zero-order valence-electron chi connectivity index (χ0n) is 10.1. The van der Waals surface area contributed by atoms with Crippen molar-refractivity contribution in [3.8, 4) is 5.88 Å². The maximum absolute atomic E-state index is 13.2. The number of halogens is 1. The van der Waals surface area contributed by atoms with Crippen molar-refractivity contribution in [1.29, 1.82) is 0 Å². The highest BCUT2D eigenvalue weighted by atomic mass is 19.1. The number of nitrogens with one attached hydrogen (secondary N) is 1. The molecule has 18 heavy (non-hydrogen) atoms. The summed E-state index contributed by atoms with van der Waals surface area (Å²) in [5, 5.41) is 11.0. The van der Waals surface area contributed by atoms with Gasteiger partial charge in [-0.25, -0.2) is 4.39 Å². The minimum absolute atomic E-state index is 0.258.